The zero-order chi connectivity index (χ0) is 17.2. The predicted molar refractivity (Wildman–Crippen MR) is 102 cm³/mol. The highest BCUT2D eigenvalue weighted by Crippen LogP contribution is 2.32. The van der Waals surface area contributed by atoms with Crippen molar-refractivity contribution in [3.63, 3.8) is 0 Å². The Morgan fingerprint density at radius 1 is 1.20 bits per heavy atom. The van der Waals surface area contributed by atoms with Crippen LogP contribution in [0.1, 0.15) is 33.9 Å². The monoisotopic (exact) mass is 396 g/mol. The number of ketones is 1. The van der Waals surface area contributed by atoms with Crippen LogP contribution in [0.15, 0.2) is 63.1 Å². The highest BCUT2D eigenvalue weighted by Gasteiger charge is 2.31. The van der Waals surface area contributed by atoms with E-state index in [1.165, 1.54) is 0 Å². The standard InChI is InChI=1S/C19H17BrN4O/c20-16-8-4-3-7-15(16)18(25)11-17-14-6-2-1-5-13(14)12-23-24(17)19-21-9-10-22-19/h1-8,12,17H,9-11H2,(H,21,22). The smallest absolute Gasteiger partial charge is 0.215 e. The van der Waals surface area contributed by atoms with E-state index in [-0.39, 0.29) is 11.8 Å². The highest BCUT2D eigenvalue weighted by molar-refractivity contribution is 9.10. The first-order chi connectivity index (χ1) is 12.2. The summed E-state index contributed by atoms with van der Waals surface area (Å²) in [5, 5.41) is 9.64. The van der Waals surface area contributed by atoms with Crippen molar-refractivity contribution in [1.82, 2.24) is 10.3 Å². The van der Waals surface area contributed by atoms with Crippen LogP contribution in [0.2, 0.25) is 0 Å². The second kappa shape index (κ2) is 6.80. The second-order valence-electron chi connectivity index (χ2n) is 5.97. The van der Waals surface area contributed by atoms with E-state index in [1.54, 1.807) is 0 Å². The molecule has 0 amide bonds. The number of benzene rings is 2. The molecule has 0 saturated carbocycles. The number of hydrazone groups is 1. The molecule has 0 spiro atoms. The molecular formula is C19H17BrN4O. The Bertz CT molecular complexity index is 877. The minimum absolute atomic E-state index is 0.0768. The van der Waals surface area contributed by atoms with Crippen LogP contribution < -0.4 is 5.32 Å². The molecule has 1 unspecified atom stereocenters. The molecule has 2 aliphatic heterocycles. The van der Waals surface area contributed by atoms with E-state index in [0.29, 0.717) is 12.0 Å². The second-order valence-corrected chi connectivity index (χ2v) is 6.83. The molecule has 2 heterocycles. The Morgan fingerprint density at radius 2 is 2.00 bits per heavy atom. The number of hydrogen-bond acceptors (Lipinski definition) is 5. The van der Waals surface area contributed by atoms with Crippen LogP contribution in [0.25, 0.3) is 0 Å². The summed E-state index contributed by atoms with van der Waals surface area (Å²) < 4.78 is 0.815. The number of guanidine groups is 1. The van der Waals surface area contributed by atoms with E-state index in [9.17, 15) is 4.79 Å². The van der Waals surface area contributed by atoms with Crippen LogP contribution in [-0.2, 0) is 0 Å². The lowest BCUT2D eigenvalue weighted by atomic mass is 9.93. The van der Waals surface area contributed by atoms with Gasteiger partial charge in [0.1, 0.15) is 0 Å². The summed E-state index contributed by atoms with van der Waals surface area (Å²) in [6.07, 6.45) is 2.16. The van der Waals surface area contributed by atoms with Gasteiger partial charge in [-0.25, -0.2) is 10.0 Å². The van der Waals surface area contributed by atoms with Gasteiger partial charge in [0.05, 0.1) is 18.8 Å². The van der Waals surface area contributed by atoms with Gasteiger partial charge < -0.3 is 5.32 Å². The predicted octanol–water partition coefficient (Wildman–Crippen LogP) is 3.37. The quantitative estimate of drug-likeness (QED) is 0.809. The van der Waals surface area contributed by atoms with Crippen LogP contribution in [0.5, 0.6) is 0 Å². The fourth-order valence-electron chi connectivity index (χ4n) is 3.18. The van der Waals surface area contributed by atoms with Gasteiger partial charge in [-0.1, -0.05) is 58.4 Å². The van der Waals surface area contributed by atoms with E-state index >= 15 is 0 Å². The van der Waals surface area contributed by atoms with Crippen LogP contribution in [0, 0.1) is 0 Å². The summed E-state index contributed by atoms with van der Waals surface area (Å²) in [6.45, 7) is 1.53. The zero-order valence-electron chi connectivity index (χ0n) is 13.5. The van der Waals surface area contributed by atoms with Crippen molar-refractivity contribution in [2.45, 2.75) is 12.5 Å². The Morgan fingerprint density at radius 3 is 2.80 bits per heavy atom. The van der Waals surface area contributed by atoms with Crippen LogP contribution in [0.3, 0.4) is 0 Å². The number of Topliss-reactive ketones (excluding diaryl/α,β-unsaturated/α-hetero) is 1. The zero-order valence-corrected chi connectivity index (χ0v) is 15.1. The molecule has 2 aromatic rings. The molecule has 0 fully saturated rings. The maximum Gasteiger partial charge on any atom is 0.215 e. The van der Waals surface area contributed by atoms with Gasteiger partial charge in [-0.15, -0.1) is 0 Å². The molecule has 2 aliphatic rings. The lowest BCUT2D eigenvalue weighted by molar-refractivity contribution is 0.0947. The minimum atomic E-state index is -0.176. The third-order valence-electron chi connectivity index (χ3n) is 4.40. The van der Waals surface area contributed by atoms with Gasteiger partial charge in [0.2, 0.25) is 5.96 Å². The number of nitrogens with one attached hydrogen (secondary N) is 1. The molecule has 2 aromatic carbocycles. The Kier molecular flexibility index (Phi) is 4.36. The third kappa shape index (κ3) is 3.09. The Labute approximate surface area is 154 Å². The van der Waals surface area contributed by atoms with E-state index in [4.69, 9.17) is 0 Å². The highest BCUT2D eigenvalue weighted by atomic mass is 79.9. The van der Waals surface area contributed by atoms with E-state index < -0.39 is 0 Å². The first-order valence-electron chi connectivity index (χ1n) is 8.22. The number of fused-ring (bicyclic) bond motifs is 1. The molecule has 0 radical (unpaired) electrons. The number of rotatable bonds is 3. The van der Waals surface area contributed by atoms with E-state index in [2.05, 4.69) is 37.4 Å². The van der Waals surface area contributed by atoms with Crippen molar-refractivity contribution in [3.05, 3.63) is 69.7 Å². The van der Waals surface area contributed by atoms with Crippen LogP contribution in [-0.4, -0.2) is 36.1 Å². The summed E-state index contributed by atoms with van der Waals surface area (Å²) in [6, 6.07) is 15.4. The maximum absolute atomic E-state index is 12.9. The Hall–Kier alpha value is -2.47. The van der Waals surface area contributed by atoms with Gasteiger partial charge in [0, 0.05) is 23.0 Å². The van der Waals surface area contributed by atoms with Crippen molar-refractivity contribution < 1.29 is 4.79 Å². The molecule has 126 valence electrons. The van der Waals surface area contributed by atoms with Gasteiger partial charge in [-0.3, -0.25) is 4.79 Å². The number of aliphatic imine (C=N–C) groups is 1. The number of carbonyl (C=O) groups excluding carboxylic acids is 1. The number of nitrogens with zero attached hydrogens (tertiary/aromatic N) is 3. The van der Waals surface area contributed by atoms with E-state index in [0.717, 1.165) is 34.6 Å². The van der Waals surface area contributed by atoms with Crippen molar-refractivity contribution >= 4 is 33.9 Å². The van der Waals surface area contributed by atoms with Gasteiger partial charge in [-0.05, 0) is 17.2 Å². The maximum atomic E-state index is 12.9. The van der Waals surface area contributed by atoms with Crippen molar-refractivity contribution in [1.29, 1.82) is 0 Å². The largest absolute Gasteiger partial charge is 0.353 e. The van der Waals surface area contributed by atoms with Gasteiger partial charge in [0.25, 0.3) is 0 Å². The topological polar surface area (TPSA) is 57.1 Å². The molecule has 25 heavy (non-hydrogen) atoms. The normalized spacial score (nSPS) is 18.5. The molecule has 0 saturated heterocycles. The molecule has 6 heteroatoms. The summed E-state index contributed by atoms with van der Waals surface area (Å²) >= 11 is 3.47. The molecule has 5 nitrogen and oxygen atoms in total. The number of carbonyl (C=O) groups is 1. The third-order valence-corrected chi connectivity index (χ3v) is 5.09. The lowest BCUT2D eigenvalue weighted by Gasteiger charge is -2.32. The molecule has 1 atom stereocenters. The number of halogens is 1. The minimum Gasteiger partial charge on any atom is -0.353 e. The molecular weight excluding hydrogens is 380 g/mol. The molecule has 0 aliphatic carbocycles. The summed E-state index contributed by atoms with van der Waals surface area (Å²) in [5.41, 5.74) is 2.83. The summed E-state index contributed by atoms with van der Waals surface area (Å²) in [7, 11) is 0. The van der Waals surface area contributed by atoms with Crippen molar-refractivity contribution in [3.8, 4) is 0 Å². The first kappa shape index (κ1) is 16.0. The Balaban J connectivity index is 1.69. The summed E-state index contributed by atoms with van der Waals surface area (Å²) in [5.74, 6) is 0.809. The van der Waals surface area contributed by atoms with E-state index in [1.807, 2.05) is 53.7 Å². The average Bonchev–Trinajstić information content (AvgIpc) is 3.17. The van der Waals surface area contributed by atoms with Gasteiger partial charge >= 0.3 is 0 Å². The van der Waals surface area contributed by atoms with Crippen LogP contribution in [0.4, 0.5) is 0 Å². The first-order valence-corrected chi connectivity index (χ1v) is 9.01. The lowest BCUT2D eigenvalue weighted by Crippen LogP contribution is -2.40. The molecule has 4 rings (SSSR count). The van der Waals surface area contributed by atoms with Gasteiger partial charge in [-0.2, -0.15) is 5.10 Å². The van der Waals surface area contributed by atoms with Gasteiger partial charge in [0.15, 0.2) is 5.78 Å². The summed E-state index contributed by atoms with van der Waals surface area (Å²) in [4.78, 5) is 17.4. The van der Waals surface area contributed by atoms with Crippen LogP contribution >= 0.6 is 15.9 Å². The fourth-order valence-corrected chi connectivity index (χ4v) is 3.68. The van der Waals surface area contributed by atoms with Crippen molar-refractivity contribution in [2.75, 3.05) is 13.1 Å². The fraction of sp³-hybridized carbons (Fsp3) is 0.211. The number of hydrogen-bond donors (Lipinski definition) is 1. The molecule has 0 bridgehead atoms. The van der Waals surface area contributed by atoms with Crippen molar-refractivity contribution in [2.24, 2.45) is 10.1 Å². The average molecular weight is 397 g/mol. The molecule has 0 aromatic heterocycles. The SMILES string of the molecule is O=C(CC1c2ccccc2C=NN1C1=NCCN1)c1ccccc1Br. The molecule has 1 N–H and O–H groups in total.